The second-order valence-electron chi connectivity index (χ2n) is 4.26. The fourth-order valence-corrected chi connectivity index (χ4v) is 2.70. The van der Waals surface area contributed by atoms with Crippen LogP contribution in [0.4, 0.5) is 5.69 Å². The molecule has 0 fully saturated rings. The highest BCUT2D eigenvalue weighted by molar-refractivity contribution is 7.11. The minimum atomic E-state index is -0.720. The molecule has 0 aromatic carbocycles. The van der Waals surface area contributed by atoms with Crippen molar-refractivity contribution in [3.8, 4) is 0 Å². The van der Waals surface area contributed by atoms with Gasteiger partial charge in [0.15, 0.2) is 0 Å². The molecular formula is C12H11ClN4O3S. The summed E-state index contributed by atoms with van der Waals surface area (Å²) in [4.78, 5) is 31.3. The summed E-state index contributed by atoms with van der Waals surface area (Å²) in [5.74, 6) is -0.591. The summed E-state index contributed by atoms with van der Waals surface area (Å²) in [5, 5.41) is 14.1. The van der Waals surface area contributed by atoms with E-state index in [1.54, 1.807) is 13.1 Å². The molecule has 2 aromatic rings. The first-order valence-corrected chi connectivity index (χ1v) is 7.11. The van der Waals surface area contributed by atoms with Crippen molar-refractivity contribution in [3.63, 3.8) is 0 Å². The van der Waals surface area contributed by atoms with Gasteiger partial charge in [0, 0.05) is 17.3 Å². The Morgan fingerprint density at radius 3 is 2.81 bits per heavy atom. The Kier molecular flexibility index (Phi) is 4.49. The van der Waals surface area contributed by atoms with Gasteiger partial charge in [0.25, 0.3) is 5.91 Å². The number of aromatic nitrogens is 2. The number of thiazole rings is 1. The molecule has 2 aromatic heterocycles. The lowest BCUT2D eigenvalue weighted by atomic mass is 10.2. The second kappa shape index (κ2) is 6.15. The van der Waals surface area contributed by atoms with Gasteiger partial charge in [-0.15, -0.1) is 11.3 Å². The molecule has 7 nitrogen and oxygen atoms in total. The molecule has 1 atom stereocenters. The van der Waals surface area contributed by atoms with Crippen molar-refractivity contribution < 1.29 is 9.72 Å². The lowest BCUT2D eigenvalue weighted by Crippen LogP contribution is -2.27. The fraction of sp³-hybridized carbons (Fsp3) is 0.250. The molecule has 21 heavy (non-hydrogen) atoms. The highest BCUT2D eigenvalue weighted by atomic mass is 35.5. The van der Waals surface area contributed by atoms with E-state index in [1.807, 2.05) is 6.92 Å². The van der Waals surface area contributed by atoms with Crippen LogP contribution in [0.25, 0.3) is 0 Å². The molecule has 0 bridgehead atoms. The van der Waals surface area contributed by atoms with E-state index in [9.17, 15) is 14.9 Å². The van der Waals surface area contributed by atoms with Crippen molar-refractivity contribution in [2.75, 3.05) is 0 Å². The maximum Gasteiger partial charge on any atom is 0.319 e. The zero-order chi connectivity index (χ0) is 15.6. The van der Waals surface area contributed by atoms with Crippen LogP contribution in [0, 0.1) is 17.0 Å². The molecule has 9 heteroatoms. The zero-order valence-corrected chi connectivity index (χ0v) is 12.7. The van der Waals surface area contributed by atoms with Crippen LogP contribution in [0.15, 0.2) is 18.5 Å². The molecule has 1 unspecified atom stereocenters. The summed E-state index contributed by atoms with van der Waals surface area (Å²) < 4.78 is 0. The van der Waals surface area contributed by atoms with Gasteiger partial charge < -0.3 is 5.32 Å². The minimum Gasteiger partial charge on any atom is -0.343 e. The Morgan fingerprint density at radius 2 is 2.24 bits per heavy atom. The van der Waals surface area contributed by atoms with Gasteiger partial charge in [-0.1, -0.05) is 11.6 Å². The van der Waals surface area contributed by atoms with Crippen LogP contribution in [0.2, 0.25) is 5.15 Å². The van der Waals surface area contributed by atoms with Crippen molar-refractivity contribution in [1.82, 2.24) is 15.3 Å². The van der Waals surface area contributed by atoms with Gasteiger partial charge in [-0.05, 0) is 19.9 Å². The maximum atomic E-state index is 12.2. The number of amides is 1. The van der Waals surface area contributed by atoms with Gasteiger partial charge in [0.1, 0.15) is 10.6 Å². The molecule has 0 aliphatic carbocycles. The smallest absolute Gasteiger partial charge is 0.319 e. The third-order valence-corrected chi connectivity index (χ3v) is 4.04. The Bertz CT molecular complexity index is 704. The van der Waals surface area contributed by atoms with Crippen LogP contribution in [-0.2, 0) is 0 Å². The predicted octanol–water partition coefficient (Wildman–Crippen LogP) is 2.90. The van der Waals surface area contributed by atoms with Crippen molar-refractivity contribution in [3.05, 3.63) is 49.2 Å². The van der Waals surface area contributed by atoms with Crippen LogP contribution < -0.4 is 5.32 Å². The fourth-order valence-electron chi connectivity index (χ4n) is 1.69. The van der Waals surface area contributed by atoms with E-state index in [0.717, 1.165) is 9.88 Å². The molecule has 0 aliphatic rings. The van der Waals surface area contributed by atoms with Gasteiger partial charge in [-0.3, -0.25) is 14.9 Å². The number of hydrogen-bond donors (Lipinski definition) is 1. The van der Waals surface area contributed by atoms with E-state index in [2.05, 4.69) is 15.3 Å². The number of nitrogens with zero attached hydrogens (tertiary/aromatic N) is 3. The van der Waals surface area contributed by atoms with Crippen LogP contribution in [-0.4, -0.2) is 20.8 Å². The lowest BCUT2D eigenvalue weighted by Gasteiger charge is -2.11. The zero-order valence-electron chi connectivity index (χ0n) is 11.2. The summed E-state index contributed by atoms with van der Waals surface area (Å²) in [6, 6.07) is 0.904. The quantitative estimate of drug-likeness (QED) is 0.529. The second-order valence-corrected chi connectivity index (χ2v) is 5.88. The van der Waals surface area contributed by atoms with E-state index in [-0.39, 0.29) is 16.8 Å². The molecular weight excluding hydrogens is 316 g/mol. The molecule has 110 valence electrons. The number of nitrogens with one attached hydrogen (secondary N) is 1. The molecule has 0 aliphatic heterocycles. The van der Waals surface area contributed by atoms with Crippen LogP contribution in [0.1, 0.15) is 33.2 Å². The SMILES string of the molecule is Cc1cnc(C(C)NC(=O)c2ccnc(Cl)c2[N+](=O)[O-])s1. The normalized spacial score (nSPS) is 12.0. The number of carbonyl (C=O) groups is 1. The third kappa shape index (κ3) is 3.34. The highest BCUT2D eigenvalue weighted by Gasteiger charge is 2.26. The number of pyridine rings is 1. The van der Waals surface area contributed by atoms with Gasteiger partial charge in [-0.25, -0.2) is 9.97 Å². The van der Waals surface area contributed by atoms with Crippen LogP contribution in [0.5, 0.6) is 0 Å². The molecule has 0 saturated carbocycles. The summed E-state index contributed by atoms with van der Waals surface area (Å²) in [6.07, 6.45) is 2.96. The van der Waals surface area contributed by atoms with E-state index in [1.165, 1.54) is 23.6 Å². The Morgan fingerprint density at radius 1 is 1.52 bits per heavy atom. The summed E-state index contributed by atoms with van der Waals surface area (Å²) in [7, 11) is 0. The molecule has 1 amide bonds. The average Bonchev–Trinajstić information content (AvgIpc) is 2.84. The Hall–Kier alpha value is -2.06. The first kappa shape index (κ1) is 15.3. The molecule has 0 saturated heterocycles. The number of hydrogen-bond acceptors (Lipinski definition) is 6. The minimum absolute atomic E-state index is 0.125. The van der Waals surface area contributed by atoms with Crippen LogP contribution >= 0.6 is 22.9 Å². The number of rotatable bonds is 4. The molecule has 0 spiro atoms. The van der Waals surface area contributed by atoms with Gasteiger partial charge in [-0.2, -0.15) is 0 Å². The van der Waals surface area contributed by atoms with E-state index < -0.39 is 16.5 Å². The Balaban J connectivity index is 2.25. The monoisotopic (exact) mass is 326 g/mol. The summed E-state index contributed by atoms with van der Waals surface area (Å²) in [5.41, 5.74) is -0.626. The number of halogens is 1. The summed E-state index contributed by atoms with van der Waals surface area (Å²) >= 11 is 7.13. The van der Waals surface area contributed by atoms with E-state index in [4.69, 9.17) is 11.6 Å². The first-order valence-electron chi connectivity index (χ1n) is 5.92. The standard InChI is InChI=1S/C12H11ClN4O3S/c1-6-5-15-12(21-6)7(2)16-11(18)8-3-4-14-10(13)9(8)17(19)20/h3-5,7H,1-2H3,(H,16,18). The number of carbonyl (C=O) groups excluding carboxylic acids is 1. The van der Waals surface area contributed by atoms with Gasteiger partial charge in [0.05, 0.1) is 11.0 Å². The number of nitro groups is 1. The lowest BCUT2D eigenvalue weighted by molar-refractivity contribution is -0.385. The topological polar surface area (TPSA) is 98.0 Å². The molecule has 2 rings (SSSR count). The molecule has 2 heterocycles. The van der Waals surface area contributed by atoms with Crippen molar-refractivity contribution in [1.29, 1.82) is 0 Å². The van der Waals surface area contributed by atoms with Gasteiger partial charge >= 0.3 is 5.69 Å². The average molecular weight is 327 g/mol. The van der Waals surface area contributed by atoms with Crippen molar-refractivity contribution >= 4 is 34.5 Å². The third-order valence-electron chi connectivity index (χ3n) is 2.66. The van der Waals surface area contributed by atoms with Crippen LogP contribution in [0.3, 0.4) is 0 Å². The van der Waals surface area contributed by atoms with Crippen molar-refractivity contribution in [2.24, 2.45) is 0 Å². The van der Waals surface area contributed by atoms with E-state index in [0.29, 0.717) is 0 Å². The molecule has 0 radical (unpaired) electrons. The van der Waals surface area contributed by atoms with E-state index >= 15 is 0 Å². The largest absolute Gasteiger partial charge is 0.343 e. The molecule has 1 N–H and O–H groups in total. The Labute approximate surface area is 129 Å². The highest BCUT2D eigenvalue weighted by Crippen LogP contribution is 2.27. The van der Waals surface area contributed by atoms with Crippen molar-refractivity contribution in [2.45, 2.75) is 19.9 Å². The predicted molar refractivity (Wildman–Crippen MR) is 78.6 cm³/mol. The maximum absolute atomic E-state index is 12.2. The number of aryl methyl sites for hydroxylation is 1. The van der Waals surface area contributed by atoms with Gasteiger partial charge in [0.2, 0.25) is 5.15 Å². The summed E-state index contributed by atoms with van der Waals surface area (Å²) in [6.45, 7) is 3.66. The first-order chi connectivity index (χ1) is 9.90.